The summed E-state index contributed by atoms with van der Waals surface area (Å²) in [6.07, 6.45) is 2.35. The lowest BCUT2D eigenvalue weighted by Gasteiger charge is -2.06. The Balaban J connectivity index is 1.72. The molecule has 250 valence electrons. The number of nitrogens with one attached hydrogen (secondary N) is 4. The third kappa shape index (κ3) is 7.06. The van der Waals surface area contributed by atoms with Gasteiger partial charge in [-0.2, -0.15) is 0 Å². The van der Waals surface area contributed by atoms with Gasteiger partial charge >= 0.3 is 23.9 Å². The number of carboxylic acids is 4. The number of aromatic nitrogens is 4. The highest BCUT2D eigenvalue weighted by Crippen LogP contribution is 2.33. The fraction of sp³-hybridized carbons (Fsp3) is 0.429. The molecule has 4 aromatic heterocycles. The van der Waals surface area contributed by atoms with Gasteiger partial charge in [0, 0.05) is 90.5 Å². The molecule has 0 spiro atoms. The molecule has 1 aliphatic heterocycles. The van der Waals surface area contributed by atoms with Gasteiger partial charge in [0.1, 0.15) is 0 Å². The Hall–Kier alpha value is -5.00. The van der Waals surface area contributed by atoms with Crippen LogP contribution in [0.25, 0.3) is 0 Å². The van der Waals surface area contributed by atoms with Crippen molar-refractivity contribution in [1.29, 1.82) is 0 Å². The molecule has 1 aliphatic rings. The molecule has 0 radical (unpaired) electrons. The van der Waals surface area contributed by atoms with Crippen LogP contribution in [0, 0.1) is 27.7 Å². The van der Waals surface area contributed by atoms with Crippen molar-refractivity contribution in [1.82, 2.24) is 19.9 Å². The summed E-state index contributed by atoms with van der Waals surface area (Å²) >= 11 is 0. The van der Waals surface area contributed by atoms with Crippen molar-refractivity contribution in [2.24, 2.45) is 0 Å². The molecule has 0 fully saturated rings. The van der Waals surface area contributed by atoms with Crippen molar-refractivity contribution in [3.63, 3.8) is 0 Å². The summed E-state index contributed by atoms with van der Waals surface area (Å²) in [7, 11) is 0. The molecule has 0 saturated carbocycles. The van der Waals surface area contributed by atoms with E-state index in [1.54, 1.807) is 0 Å². The van der Waals surface area contributed by atoms with Gasteiger partial charge in [-0.1, -0.05) is 0 Å². The van der Waals surface area contributed by atoms with Crippen molar-refractivity contribution >= 4 is 23.9 Å². The van der Waals surface area contributed by atoms with E-state index in [2.05, 4.69) is 19.9 Å². The maximum absolute atomic E-state index is 12.0. The van der Waals surface area contributed by atoms with Crippen LogP contribution >= 0.6 is 0 Å². The summed E-state index contributed by atoms with van der Waals surface area (Å²) in [5.74, 6) is -3.66. The molecule has 0 unspecified atom stereocenters. The monoisotopic (exact) mass is 646 g/mol. The number of hydrogen-bond acceptors (Lipinski definition) is 4. The Morgan fingerprint density at radius 1 is 0.426 bits per heavy atom. The molecule has 8 N–H and O–H groups in total. The van der Waals surface area contributed by atoms with E-state index in [-0.39, 0.29) is 25.7 Å². The smallest absolute Gasteiger partial charge is 0.307 e. The number of aliphatic carboxylic acids is 4. The SMILES string of the molecule is Cc1c2[nH]c(c1CCC(=O)O)Cc1[nH]c(c(CCC(=O)O)c1C)Cc1[nH]c(c(CCC(=O)O)c1C)Cc1[nH]c(c(C)c1CC(=O)O)C2. The molecule has 5 heterocycles. The predicted molar refractivity (Wildman–Crippen MR) is 173 cm³/mol. The van der Waals surface area contributed by atoms with E-state index in [1.807, 2.05) is 27.7 Å². The molecule has 47 heavy (non-hydrogen) atoms. The predicted octanol–water partition coefficient (Wildman–Crippen LogP) is 4.59. The summed E-state index contributed by atoms with van der Waals surface area (Å²) in [4.78, 5) is 61.0. The first-order chi connectivity index (χ1) is 22.2. The number of hydrogen-bond donors (Lipinski definition) is 8. The molecule has 5 rings (SSSR count). The minimum Gasteiger partial charge on any atom is -0.481 e. The van der Waals surface area contributed by atoms with Gasteiger partial charge in [0.2, 0.25) is 0 Å². The summed E-state index contributed by atoms with van der Waals surface area (Å²) in [6, 6.07) is 0. The fourth-order valence-corrected chi connectivity index (χ4v) is 7.16. The van der Waals surface area contributed by atoms with Crippen molar-refractivity contribution in [3.8, 4) is 0 Å². The van der Waals surface area contributed by atoms with E-state index in [4.69, 9.17) is 0 Å². The van der Waals surface area contributed by atoms with Gasteiger partial charge in [-0.05, 0) is 91.5 Å². The first-order valence-electron chi connectivity index (χ1n) is 15.9. The van der Waals surface area contributed by atoms with Crippen molar-refractivity contribution in [2.75, 3.05) is 0 Å². The molecule has 12 heteroatoms. The maximum atomic E-state index is 12.0. The lowest BCUT2D eigenvalue weighted by molar-refractivity contribution is -0.138. The largest absolute Gasteiger partial charge is 0.481 e. The lowest BCUT2D eigenvalue weighted by atomic mass is 9.96. The molecule has 0 atom stereocenters. The van der Waals surface area contributed by atoms with Crippen molar-refractivity contribution in [2.45, 2.75) is 98.3 Å². The van der Waals surface area contributed by atoms with Crippen LogP contribution in [-0.2, 0) is 70.5 Å². The molecular formula is C35H42N4O8. The average Bonchev–Trinajstić information content (AvgIpc) is 3.64. The zero-order chi connectivity index (χ0) is 34.2. The number of carbonyl (C=O) groups is 4. The highest BCUT2D eigenvalue weighted by atomic mass is 16.4. The topological polar surface area (TPSA) is 212 Å². The Labute approximate surface area is 271 Å². The second kappa shape index (κ2) is 13.4. The summed E-state index contributed by atoms with van der Waals surface area (Å²) in [5.41, 5.74) is 13.9. The second-order valence-corrected chi connectivity index (χ2v) is 12.7. The fourth-order valence-electron chi connectivity index (χ4n) is 7.16. The van der Waals surface area contributed by atoms with E-state index in [0.717, 1.165) is 84.5 Å². The Morgan fingerprint density at radius 3 is 0.979 bits per heavy atom. The minimum absolute atomic E-state index is 0.0309. The quantitative estimate of drug-likeness (QED) is 0.101. The van der Waals surface area contributed by atoms with Gasteiger partial charge < -0.3 is 40.4 Å². The van der Waals surface area contributed by atoms with Crippen LogP contribution in [0.15, 0.2) is 0 Å². The highest BCUT2D eigenvalue weighted by Gasteiger charge is 2.26. The van der Waals surface area contributed by atoms with Crippen LogP contribution < -0.4 is 0 Å². The van der Waals surface area contributed by atoms with E-state index in [9.17, 15) is 39.6 Å². The minimum atomic E-state index is -0.957. The van der Waals surface area contributed by atoms with Gasteiger partial charge in [-0.25, -0.2) is 0 Å². The standard InChI is InChI=1S/C35H42N4O8/c1-16-20(5-8-32(40)41)28-13-26-17(2)21(6-9-33(42)43)29(37-26)14-27-18(3)22(7-10-34(44)45)30(38-27)15-31-23(11-35(46)47)19(4)25(39-31)12-24(16)36-28/h36-39H,5-15H2,1-4H3,(H,40,41)(H,42,43)(H,44,45)(H,46,47). The van der Waals surface area contributed by atoms with Gasteiger partial charge in [0.25, 0.3) is 0 Å². The van der Waals surface area contributed by atoms with Crippen LogP contribution in [0.4, 0.5) is 0 Å². The number of rotatable bonds is 11. The highest BCUT2D eigenvalue weighted by molar-refractivity contribution is 5.72. The number of H-pyrrole nitrogens is 4. The first-order valence-corrected chi connectivity index (χ1v) is 15.9. The second-order valence-electron chi connectivity index (χ2n) is 12.7. The van der Waals surface area contributed by atoms with E-state index in [0.29, 0.717) is 50.5 Å². The number of aromatic amines is 4. The molecule has 8 bridgehead atoms. The van der Waals surface area contributed by atoms with Crippen molar-refractivity contribution in [3.05, 3.63) is 90.1 Å². The van der Waals surface area contributed by atoms with E-state index >= 15 is 0 Å². The number of fused-ring (bicyclic) bond motifs is 8. The molecular weight excluding hydrogens is 604 g/mol. The van der Waals surface area contributed by atoms with Gasteiger partial charge in [-0.15, -0.1) is 0 Å². The van der Waals surface area contributed by atoms with Gasteiger partial charge in [0.15, 0.2) is 0 Å². The summed E-state index contributed by atoms with van der Waals surface area (Å²) in [6.45, 7) is 7.81. The van der Waals surface area contributed by atoms with Gasteiger partial charge in [-0.3, -0.25) is 19.2 Å². The Kier molecular flexibility index (Phi) is 9.50. The molecule has 4 aromatic rings. The van der Waals surface area contributed by atoms with Crippen LogP contribution in [0.3, 0.4) is 0 Å². The maximum Gasteiger partial charge on any atom is 0.307 e. The summed E-state index contributed by atoms with van der Waals surface area (Å²) < 4.78 is 0. The summed E-state index contributed by atoms with van der Waals surface area (Å²) in [5, 5.41) is 38.4. The zero-order valence-corrected chi connectivity index (χ0v) is 27.2. The Bertz CT molecular complexity index is 1880. The molecule has 0 saturated heterocycles. The van der Waals surface area contributed by atoms with Crippen molar-refractivity contribution < 1.29 is 39.6 Å². The number of carboxylic acid groups (broad SMARTS) is 4. The molecule has 0 aromatic carbocycles. The van der Waals surface area contributed by atoms with E-state index < -0.39 is 23.9 Å². The average molecular weight is 647 g/mol. The zero-order valence-electron chi connectivity index (χ0n) is 27.2. The van der Waals surface area contributed by atoms with Crippen LogP contribution in [0.5, 0.6) is 0 Å². The Morgan fingerprint density at radius 2 is 0.681 bits per heavy atom. The molecule has 0 amide bonds. The van der Waals surface area contributed by atoms with Crippen LogP contribution in [0.2, 0.25) is 0 Å². The first kappa shape index (κ1) is 33.4. The third-order valence-corrected chi connectivity index (χ3v) is 9.79. The lowest BCUT2D eigenvalue weighted by Crippen LogP contribution is -2.06. The van der Waals surface area contributed by atoms with Gasteiger partial charge in [0.05, 0.1) is 6.42 Å². The molecule has 12 nitrogen and oxygen atoms in total. The third-order valence-electron chi connectivity index (χ3n) is 9.79. The van der Waals surface area contributed by atoms with E-state index in [1.165, 1.54) is 0 Å². The van der Waals surface area contributed by atoms with Crippen LogP contribution in [-0.4, -0.2) is 64.2 Å². The molecule has 0 aliphatic carbocycles. The van der Waals surface area contributed by atoms with Crippen LogP contribution in [0.1, 0.15) is 109 Å². The normalized spacial score (nSPS) is 12.8.